The largest absolute Gasteiger partial charge is 0.480 e. The Bertz CT molecular complexity index is 548. The number of hydrogen-bond donors (Lipinski definition) is 3. The van der Waals surface area contributed by atoms with Crippen LogP contribution >= 0.6 is 0 Å². The molecular formula is C11H11FN2O6. The maximum Gasteiger partial charge on any atom is 0.326 e. The number of aliphatic hydroxyl groups is 1. The number of nitro groups is 1. The van der Waals surface area contributed by atoms with Crippen LogP contribution in [0.25, 0.3) is 0 Å². The highest BCUT2D eigenvalue weighted by molar-refractivity contribution is 5.99. The van der Waals surface area contributed by atoms with E-state index in [0.717, 1.165) is 12.1 Å². The zero-order valence-corrected chi connectivity index (χ0v) is 10.1. The Labute approximate surface area is 112 Å². The molecule has 0 unspecified atom stereocenters. The summed E-state index contributed by atoms with van der Waals surface area (Å²) in [5.74, 6) is -3.38. The number of carboxylic acids is 1. The average Bonchev–Trinajstić information content (AvgIpc) is 2.37. The Kier molecular flexibility index (Phi) is 5.09. The molecule has 0 saturated heterocycles. The molecule has 0 aliphatic rings. The Hall–Kier alpha value is -2.55. The van der Waals surface area contributed by atoms with Gasteiger partial charge < -0.3 is 15.5 Å². The SMILES string of the molecule is O=C(N[C@@H](CCO)C(=O)O)c1cc(F)ccc1[N+](=O)[O-]. The van der Waals surface area contributed by atoms with Crippen LogP contribution in [0.1, 0.15) is 16.8 Å². The van der Waals surface area contributed by atoms with Crippen LogP contribution in [0.4, 0.5) is 10.1 Å². The van der Waals surface area contributed by atoms with E-state index in [9.17, 15) is 24.1 Å². The van der Waals surface area contributed by atoms with Gasteiger partial charge in [-0.2, -0.15) is 0 Å². The Balaban J connectivity index is 3.05. The van der Waals surface area contributed by atoms with E-state index in [1.54, 1.807) is 0 Å². The predicted octanol–water partition coefficient (Wildman–Crippen LogP) is 0.299. The van der Waals surface area contributed by atoms with Crippen LogP contribution in [-0.4, -0.2) is 39.7 Å². The first-order chi connectivity index (χ1) is 9.36. The number of hydrogen-bond acceptors (Lipinski definition) is 5. The quantitative estimate of drug-likeness (QED) is 0.509. The van der Waals surface area contributed by atoms with E-state index in [0.29, 0.717) is 6.07 Å². The van der Waals surface area contributed by atoms with Crippen molar-refractivity contribution in [3.05, 3.63) is 39.7 Å². The molecule has 0 bridgehead atoms. The molecule has 1 rings (SSSR count). The second kappa shape index (κ2) is 6.57. The average molecular weight is 286 g/mol. The molecule has 0 heterocycles. The highest BCUT2D eigenvalue weighted by Crippen LogP contribution is 2.19. The fourth-order valence-corrected chi connectivity index (χ4v) is 1.47. The number of nitro benzene ring substituents is 1. The molecule has 0 saturated carbocycles. The number of rotatable bonds is 6. The van der Waals surface area contributed by atoms with Crippen molar-refractivity contribution in [2.24, 2.45) is 0 Å². The van der Waals surface area contributed by atoms with Gasteiger partial charge in [-0.05, 0) is 12.1 Å². The number of benzene rings is 1. The van der Waals surface area contributed by atoms with E-state index < -0.39 is 46.5 Å². The van der Waals surface area contributed by atoms with Crippen LogP contribution in [0.5, 0.6) is 0 Å². The fraction of sp³-hybridized carbons (Fsp3) is 0.273. The number of amides is 1. The van der Waals surface area contributed by atoms with E-state index >= 15 is 0 Å². The van der Waals surface area contributed by atoms with Crippen molar-refractivity contribution in [3.8, 4) is 0 Å². The van der Waals surface area contributed by atoms with Gasteiger partial charge >= 0.3 is 5.97 Å². The highest BCUT2D eigenvalue weighted by atomic mass is 19.1. The molecule has 0 spiro atoms. The van der Waals surface area contributed by atoms with Gasteiger partial charge in [-0.1, -0.05) is 0 Å². The number of carbonyl (C=O) groups is 2. The van der Waals surface area contributed by atoms with Crippen molar-refractivity contribution in [3.63, 3.8) is 0 Å². The van der Waals surface area contributed by atoms with Crippen LogP contribution in [0.15, 0.2) is 18.2 Å². The number of aliphatic hydroxyl groups excluding tert-OH is 1. The summed E-state index contributed by atoms with van der Waals surface area (Å²) >= 11 is 0. The molecule has 8 nitrogen and oxygen atoms in total. The number of carbonyl (C=O) groups excluding carboxylic acids is 1. The molecule has 0 aliphatic heterocycles. The Morgan fingerprint density at radius 2 is 2.10 bits per heavy atom. The molecule has 1 aromatic rings. The van der Waals surface area contributed by atoms with Gasteiger partial charge in [0.1, 0.15) is 17.4 Å². The molecular weight excluding hydrogens is 275 g/mol. The number of aliphatic carboxylic acids is 1. The lowest BCUT2D eigenvalue weighted by molar-refractivity contribution is -0.385. The van der Waals surface area contributed by atoms with Gasteiger partial charge in [0, 0.05) is 19.1 Å². The molecule has 1 atom stereocenters. The number of nitrogens with zero attached hydrogens (tertiary/aromatic N) is 1. The zero-order valence-electron chi connectivity index (χ0n) is 10.1. The Morgan fingerprint density at radius 1 is 1.45 bits per heavy atom. The lowest BCUT2D eigenvalue weighted by atomic mass is 10.1. The summed E-state index contributed by atoms with van der Waals surface area (Å²) in [5.41, 5.74) is -1.23. The highest BCUT2D eigenvalue weighted by Gasteiger charge is 2.25. The summed E-state index contributed by atoms with van der Waals surface area (Å²) in [6, 6.07) is 0.852. The van der Waals surface area contributed by atoms with Gasteiger partial charge in [0.25, 0.3) is 11.6 Å². The monoisotopic (exact) mass is 286 g/mol. The zero-order chi connectivity index (χ0) is 15.3. The van der Waals surface area contributed by atoms with Crippen molar-refractivity contribution < 1.29 is 29.1 Å². The molecule has 0 radical (unpaired) electrons. The van der Waals surface area contributed by atoms with Gasteiger partial charge in [-0.15, -0.1) is 0 Å². The van der Waals surface area contributed by atoms with Gasteiger partial charge in [0.2, 0.25) is 0 Å². The Morgan fingerprint density at radius 3 is 2.60 bits per heavy atom. The van der Waals surface area contributed by atoms with E-state index in [1.807, 2.05) is 5.32 Å². The third kappa shape index (κ3) is 3.72. The molecule has 1 aromatic carbocycles. The lowest BCUT2D eigenvalue weighted by Gasteiger charge is -2.13. The molecule has 1 amide bonds. The summed E-state index contributed by atoms with van der Waals surface area (Å²) in [5, 5.41) is 30.2. The van der Waals surface area contributed by atoms with Gasteiger partial charge in [0.05, 0.1) is 4.92 Å². The third-order valence-electron chi connectivity index (χ3n) is 2.42. The van der Waals surface area contributed by atoms with Crippen LogP contribution in [-0.2, 0) is 4.79 Å². The molecule has 20 heavy (non-hydrogen) atoms. The van der Waals surface area contributed by atoms with Crippen molar-refractivity contribution in [2.75, 3.05) is 6.61 Å². The molecule has 3 N–H and O–H groups in total. The summed E-state index contributed by atoms with van der Waals surface area (Å²) in [4.78, 5) is 32.4. The van der Waals surface area contributed by atoms with Crippen molar-refractivity contribution >= 4 is 17.6 Å². The van der Waals surface area contributed by atoms with Crippen molar-refractivity contribution in [2.45, 2.75) is 12.5 Å². The second-order valence-corrected chi connectivity index (χ2v) is 3.80. The molecule has 108 valence electrons. The minimum absolute atomic E-state index is 0.274. The summed E-state index contributed by atoms with van der Waals surface area (Å²) < 4.78 is 13.1. The third-order valence-corrected chi connectivity index (χ3v) is 2.42. The first-order valence-electron chi connectivity index (χ1n) is 5.45. The maximum atomic E-state index is 13.1. The van der Waals surface area contributed by atoms with Crippen LogP contribution < -0.4 is 5.32 Å². The minimum Gasteiger partial charge on any atom is -0.480 e. The molecule has 0 fully saturated rings. The molecule has 0 aromatic heterocycles. The topological polar surface area (TPSA) is 130 Å². The standard InChI is InChI=1S/C11H11FN2O6/c12-6-1-2-9(14(19)20)7(5-6)10(16)13-8(3-4-15)11(17)18/h1-2,5,8,15H,3-4H2,(H,13,16)(H,17,18)/t8-/m0/s1. The van der Waals surface area contributed by atoms with Crippen LogP contribution in [0.3, 0.4) is 0 Å². The molecule has 9 heteroatoms. The predicted molar refractivity (Wildman–Crippen MR) is 63.6 cm³/mol. The van der Waals surface area contributed by atoms with E-state index in [4.69, 9.17) is 10.2 Å². The van der Waals surface area contributed by atoms with E-state index in [2.05, 4.69) is 0 Å². The van der Waals surface area contributed by atoms with E-state index in [1.165, 1.54) is 0 Å². The summed E-state index contributed by atoms with van der Waals surface area (Å²) in [6.07, 6.45) is -0.274. The van der Waals surface area contributed by atoms with Crippen molar-refractivity contribution in [1.82, 2.24) is 5.32 Å². The van der Waals surface area contributed by atoms with Gasteiger partial charge in [0.15, 0.2) is 0 Å². The molecule has 0 aliphatic carbocycles. The first kappa shape index (κ1) is 15.5. The number of carboxylic acid groups (broad SMARTS) is 1. The summed E-state index contributed by atoms with van der Waals surface area (Å²) in [7, 11) is 0. The van der Waals surface area contributed by atoms with Crippen LogP contribution in [0, 0.1) is 15.9 Å². The fourth-order valence-electron chi connectivity index (χ4n) is 1.47. The summed E-state index contributed by atoms with van der Waals surface area (Å²) in [6.45, 7) is -0.498. The smallest absolute Gasteiger partial charge is 0.326 e. The van der Waals surface area contributed by atoms with Gasteiger partial charge in [-0.3, -0.25) is 14.9 Å². The van der Waals surface area contributed by atoms with Gasteiger partial charge in [-0.25, -0.2) is 9.18 Å². The normalized spacial score (nSPS) is 11.7. The first-order valence-corrected chi connectivity index (χ1v) is 5.45. The minimum atomic E-state index is -1.42. The number of nitrogens with one attached hydrogen (secondary N) is 1. The second-order valence-electron chi connectivity index (χ2n) is 3.80. The van der Waals surface area contributed by atoms with E-state index in [-0.39, 0.29) is 6.42 Å². The maximum absolute atomic E-state index is 13.1. The van der Waals surface area contributed by atoms with Crippen LogP contribution in [0.2, 0.25) is 0 Å². The number of halogens is 1. The lowest BCUT2D eigenvalue weighted by Crippen LogP contribution is -2.41. The van der Waals surface area contributed by atoms with Crippen molar-refractivity contribution in [1.29, 1.82) is 0 Å².